The number of hydrogen-bond donors (Lipinski definition) is 1. The van der Waals surface area contributed by atoms with Crippen LogP contribution in [0.2, 0.25) is 0 Å². The maximum atomic E-state index is 5.72. The molecule has 19 heavy (non-hydrogen) atoms. The van der Waals surface area contributed by atoms with Crippen LogP contribution >= 0.6 is 0 Å². The molecular weight excluding hydrogens is 242 g/mol. The van der Waals surface area contributed by atoms with Gasteiger partial charge in [-0.3, -0.25) is 0 Å². The van der Waals surface area contributed by atoms with Crippen molar-refractivity contribution in [3.05, 3.63) is 11.7 Å². The van der Waals surface area contributed by atoms with Gasteiger partial charge in [0.2, 0.25) is 5.89 Å². The molecule has 0 bridgehead atoms. The van der Waals surface area contributed by atoms with Crippen molar-refractivity contribution in [3.63, 3.8) is 0 Å². The van der Waals surface area contributed by atoms with E-state index in [0.717, 1.165) is 50.7 Å². The highest BCUT2D eigenvalue weighted by Gasteiger charge is 2.21. The van der Waals surface area contributed by atoms with Gasteiger partial charge in [-0.25, -0.2) is 0 Å². The Kier molecular flexibility index (Phi) is 4.45. The summed E-state index contributed by atoms with van der Waals surface area (Å²) in [6.45, 7) is 3.00. The highest BCUT2D eigenvalue weighted by molar-refractivity contribution is 4.98. The Morgan fingerprint density at radius 3 is 3.00 bits per heavy atom. The highest BCUT2D eigenvalue weighted by atomic mass is 16.5. The van der Waals surface area contributed by atoms with Gasteiger partial charge in [0.1, 0.15) is 0 Å². The normalized spacial score (nSPS) is 28.4. The summed E-state index contributed by atoms with van der Waals surface area (Å²) >= 11 is 0. The Bertz CT molecular complexity index is 382. The number of nitrogens with zero attached hydrogens (tertiary/aromatic N) is 2. The van der Waals surface area contributed by atoms with Gasteiger partial charge >= 0.3 is 0 Å². The lowest BCUT2D eigenvalue weighted by Crippen LogP contribution is -2.28. The van der Waals surface area contributed by atoms with Crippen molar-refractivity contribution in [2.75, 3.05) is 19.7 Å². The van der Waals surface area contributed by atoms with Crippen molar-refractivity contribution in [2.45, 2.75) is 57.0 Å². The Morgan fingerprint density at radius 2 is 2.21 bits per heavy atom. The number of aromatic nitrogens is 2. The zero-order valence-corrected chi connectivity index (χ0v) is 11.4. The standard InChI is InChI=1S/C14H23N3O2/c1-2-9-18-12(5-1)6-7-13-16-14(17-19-13)11-4-3-8-15-10-11/h11-12,15H,1-10H2. The molecule has 1 aromatic rings. The summed E-state index contributed by atoms with van der Waals surface area (Å²) in [6.07, 6.45) is 8.27. The Hall–Kier alpha value is -0.940. The predicted octanol–water partition coefficient (Wildman–Crippen LogP) is 2.04. The van der Waals surface area contributed by atoms with Gasteiger partial charge in [-0.2, -0.15) is 4.98 Å². The molecule has 106 valence electrons. The first kappa shape index (κ1) is 13.1. The molecule has 0 saturated carbocycles. The third-order valence-electron chi connectivity index (χ3n) is 4.10. The van der Waals surface area contributed by atoms with Crippen LogP contribution in [0.15, 0.2) is 4.52 Å². The minimum atomic E-state index is 0.389. The number of nitrogens with one attached hydrogen (secondary N) is 1. The first-order chi connectivity index (χ1) is 9.42. The third kappa shape index (κ3) is 3.54. The van der Waals surface area contributed by atoms with Crippen LogP contribution in [0, 0.1) is 0 Å². The van der Waals surface area contributed by atoms with Gasteiger partial charge in [-0.05, 0) is 45.1 Å². The molecular formula is C14H23N3O2. The number of ether oxygens (including phenoxy) is 1. The van der Waals surface area contributed by atoms with Crippen molar-refractivity contribution in [2.24, 2.45) is 0 Å². The van der Waals surface area contributed by atoms with Gasteiger partial charge in [-0.1, -0.05) is 5.16 Å². The van der Waals surface area contributed by atoms with E-state index >= 15 is 0 Å². The fourth-order valence-electron chi connectivity index (χ4n) is 2.93. The molecule has 0 spiro atoms. The van der Waals surface area contributed by atoms with E-state index in [1.807, 2.05) is 0 Å². The molecule has 0 radical (unpaired) electrons. The lowest BCUT2D eigenvalue weighted by molar-refractivity contribution is 0.0104. The van der Waals surface area contributed by atoms with E-state index in [1.165, 1.54) is 25.7 Å². The van der Waals surface area contributed by atoms with E-state index in [1.54, 1.807) is 0 Å². The van der Waals surface area contributed by atoms with Crippen LogP contribution in [0.5, 0.6) is 0 Å². The average molecular weight is 265 g/mol. The van der Waals surface area contributed by atoms with E-state index in [4.69, 9.17) is 9.26 Å². The summed E-state index contributed by atoms with van der Waals surface area (Å²) in [5, 5.41) is 7.52. The maximum absolute atomic E-state index is 5.72. The van der Waals surface area contributed by atoms with Crippen molar-refractivity contribution in [1.29, 1.82) is 0 Å². The lowest BCUT2D eigenvalue weighted by Gasteiger charge is -2.21. The van der Waals surface area contributed by atoms with Crippen LogP contribution in [0.4, 0.5) is 0 Å². The number of hydrogen-bond acceptors (Lipinski definition) is 5. The molecule has 2 aliphatic rings. The predicted molar refractivity (Wildman–Crippen MR) is 71.1 cm³/mol. The summed E-state index contributed by atoms with van der Waals surface area (Å²) in [6, 6.07) is 0. The quantitative estimate of drug-likeness (QED) is 0.902. The summed E-state index contributed by atoms with van der Waals surface area (Å²) < 4.78 is 11.1. The summed E-state index contributed by atoms with van der Waals surface area (Å²) in [5.74, 6) is 2.08. The summed E-state index contributed by atoms with van der Waals surface area (Å²) in [4.78, 5) is 4.54. The molecule has 0 aliphatic carbocycles. The molecule has 0 amide bonds. The fraction of sp³-hybridized carbons (Fsp3) is 0.857. The minimum Gasteiger partial charge on any atom is -0.378 e. The van der Waals surface area contributed by atoms with Crippen LogP contribution in [0.25, 0.3) is 0 Å². The van der Waals surface area contributed by atoms with Gasteiger partial charge in [0.25, 0.3) is 0 Å². The van der Waals surface area contributed by atoms with Crippen LogP contribution in [0.3, 0.4) is 0 Å². The highest BCUT2D eigenvalue weighted by Crippen LogP contribution is 2.22. The largest absolute Gasteiger partial charge is 0.378 e. The number of aryl methyl sites for hydroxylation is 1. The SMILES string of the molecule is C1CCC(CCc2nc(C3CCCNC3)no2)OC1. The van der Waals surface area contributed by atoms with Crippen LogP contribution < -0.4 is 5.32 Å². The van der Waals surface area contributed by atoms with E-state index < -0.39 is 0 Å². The molecule has 1 N–H and O–H groups in total. The van der Waals surface area contributed by atoms with Gasteiger partial charge in [0.05, 0.1) is 6.10 Å². The van der Waals surface area contributed by atoms with Crippen molar-refractivity contribution < 1.29 is 9.26 Å². The summed E-state index contributed by atoms with van der Waals surface area (Å²) in [7, 11) is 0. The van der Waals surface area contributed by atoms with E-state index in [2.05, 4.69) is 15.5 Å². The second kappa shape index (κ2) is 6.48. The van der Waals surface area contributed by atoms with Gasteiger partial charge in [0, 0.05) is 25.5 Å². The minimum absolute atomic E-state index is 0.389. The van der Waals surface area contributed by atoms with Crippen LogP contribution in [0.1, 0.15) is 56.2 Å². The van der Waals surface area contributed by atoms with Crippen LogP contribution in [-0.4, -0.2) is 35.9 Å². The fourth-order valence-corrected chi connectivity index (χ4v) is 2.93. The molecule has 2 saturated heterocycles. The van der Waals surface area contributed by atoms with Gasteiger partial charge < -0.3 is 14.6 Å². The second-order valence-electron chi connectivity index (χ2n) is 5.62. The first-order valence-corrected chi connectivity index (χ1v) is 7.56. The lowest BCUT2D eigenvalue weighted by atomic mass is 9.99. The van der Waals surface area contributed by atoms with E-state index in [-0.39, 0.29) is 0 Å². The number of piperidine rings is 1. The summed E-state index contributed by atoms with van der Waals surface area (Å²) in [5.41, 5.74) is 0. The van der Waals surface area contributed by atoms with Gasteiger partial charge in [0.15, 0.2) is 5.82 Å². The molecule has 2 fully saturated rings. The molecule has 5 heteroatoms. The van der Waals surface area contributed by atoms with E-state index in [9.17, 15) is 0 Å². The second-order valence-corrected chi connectivity index (χ2v) is 5.62. The molecule has 3 rings (SSSR count). The topological polar surface area (TPSA) is 60.2 Å². The monoisotopic (exact) mass is 265 g/mol. The molecule has 3 heterocycles. The van der Waals surface area contributed by atoms with Crippen molar-refractivity contribution in [3.8, 4) is 0 Å². The Labute approximate surface area is 114 Å². The van der Waals surface area contributed by atoms with Crippen molar-refractivity contribution >= 4 is 0 Å². The Balaban J connectivity index is 1.49. The maximum Gasteiger partial charge on any atom is 0.226 e. The zero-order valence-electron chi connectivity index (χ0n) is 11.4. The first-order valence-electron chi connectivity index (χ1n) is 7.56. The van der Waals surface area contributed by atoms with Crippen LogP contribution in [-0.2, 0) is 11.2 Å². The van der Waals surface area contributed by atoms with E-state index in [0.29, 0.717) is 12.0 Å². The third-order valence-corrected chi connectivity index (χ3v) is 4.10. The Morgan fingerprint density at radius 1 is 1.21 bits per heavy atom. The molecule has 2 atom stereocenters. The number of rotatable bonds is 4. The average Bonchev–Trinajstić information content (AvgIpc) is 2.96. The smallest absolute Gasteiger partial charge is 0.226 e. The molecule has 1 aromatic heterocycles. The van der Waals surface area contributed by atoms with Crippen molar-refractivity contribution in [1.82, 2.24) is 15.5 Å². The molecule has 5 nitrogen and oxygen atoms in total. The molecule has 2 unspecified atom stereocenters. The van der Waals surface area contributed by atoms with Gasteiger partial charge in [-0.15, -0.1) is 0 Å². The molecule has 0 aromatic carbocycles. The molecule has 2 aliphatic heterocycles. The zero-order chi connectivity index (χ0) is 12.9.